The first kappa shape index (κ1) is 37.6. The third kappa shape index (κ3) is 11.1. The van der Waals surface area contributed by atoms with E-state index in [0.717, 1.165) is 28.9 Å². The number of aryl methyl sites for hydroxylation is 1. The molecule has 0 aliphatic carbocycles. The first-order valence-corrected chi connectivity index (χ1v) is 13.2. The number of methoxy groups -OCH3 is 1. The van der Waals surface area contributed by atoms with Crippen molar-refractivity contribution in [2.75, 3.05) is 12.0 Å². The first-order chi connectivity index (χ1) is 21.9. The summed E-state index contributed by atoms with van der Waals surface area (Å²) >= 11 is 0. The number of aliphatic carboxylic acids is 2. The Morgan fingerprint density at radius 3 is 1.94 bits per heavy atom. The number of alkyl halides is 6. The summed E-state index contributed by atoms with van der Waals surface area (Å²) in [4.78, 5) is 27.5. The minimum absolute atomic E-state index is 0.0209. The number of ether oxygens (including phenoxy) is 1. The number of amidine groups is 1. The summed E-state index contributed by atoms with van der Waals surface area (Å²) in [6.45, 7) is 2.32. The second-order valence-corrected chi connectivity index (χ2v) is 9.25. The maximum Gasteiger partial charge on any atom is 0.490 e. The van der Waals surface area contributed by atoms with Crippen LogP contribution in [0.15, 0.2) is 72.9 Å². The smallest absolute Gasteiger partial charge is 0.490 e. The predicted octanol–water partition coefficient (Wildman–Crippen LogP) is 6.68. The molecule has 4 rings (SSSR count). The number of H-pyrrole nitrogens is 1. The van der Waals surface area contributed by atoms with Crippen LogP contribution >= 0.6 is 0 Å². The fourth-order valence-corrected chi connectivity index (χ4v) is 3.68. The van der Waals surface area contributed by atoms with Gasteiger partial charge in [-0.15, -0.1) is 0 Å². The lowest BCUT2D eigenvalue weighted by Crippen LogP contribution is -2.21. The van der Waals surface area contributed by atoms with E-state index in [0.29, 0.717) is 23.6 Å². The molecule has 252 valence electrons. The topological polar surface area (TPSA) is 166 Å². The number of carboxylic acids is 2. The number of imidazole rings is 1. The van der Waals surface area contributed by atoms with Gasteiger partial charge in [-0.2, -0.15) is 26.3 Å². The summed E-state index contributed by atoms with van der Waals surface area (Å²) in [5.74, 6) is -5.10. The Hall–Kier alpha value is -5.61. The number of aromatic nitrogens is 2. The van der Waals surface area contributed by atoms with Crippen molar-refractivity contribution < 1.29 is 55.3 Å². The van der Waals surface area contributed by atoms with Gasteiger partial charge < -0.3 is 30.6 Å². The van der Waals surface area contributed by atoms with Gasteiger partial charge >= 0.3 is 24.3 Å². The number of nitrogen functional groups attached to an aromatic ring is 1. The van der Waals surface area contributed by atoms with E-state index in [1.807, 2.05) is 60.4 Å². The van der Waals surface area contributed by atoms with Crippen molar-refractivity contribution in [2.45, 2.75) is 32.2 Å². The Bertz CT molecular complexity index is 1630. The Labute approximate surface area is 262 Å². The molecule has 4 aromatic rings. The zero-order valence-corrected chi connectivity index (χ0v) is 24.6. The standard InChI is InChI=1S/C26H26FN5O.2C2HF3O2/c1-3-17-13-22(25(27)23(14-17)33-2)32(20-11-9-19(10-12-20)26(28)29)16-24-30-15-21(31-24)18-7-5-4-6-8-18;2*3-2(4,5)1(6)7/h4-15H,3,16H2,1-2H3,(H3,28,29)(H,30,31);2*(H,6,7). The summed E-state index contributed by atoms with van der Waals surface area (Å²) in [5.41, 5.74) is 10.2. The van der Waals surface area contributed by atoms with E-state index in [4.69, 9.17) is 35.7 Å². The van der Waals surface area contributed by atoms with E-state index < -0.39 is 30.1 Å². The number of rotatable bonds is 8. The van der Waals surface area contributed by atoms with Crippen molar-refractivity contribution in [1.29, 1.82) is 5.41 Å². The maximum absolute atomic E-state index is 15.5. The summed E-state index contributed by atoms with van der Waals surface area (Å²) < 4.78 is 84.2. The van der Waals surface area contributed by atoms with Gasteiger partial charge in [-0.25, -0.2) is 19.0 Å². The lowest BCUT2D eigenvalue weighted by Gasteiger charge is -2.26. The Morgan fingerprint density at radius 1 is 0.957 bits per heavy atom. The van der Waals surface area contributed by atoms with E-state index in [1.165, 1.54) is 7.11 Å². The Kier molecular flexibility index (Phi) is 12.9. The van der Waals surface area contributed by atoms with Crippen molar-refractivity contribution in [1.82, 2.24) is 9.97 Å². The molecule has 0 spiro atoms. The van der Waals surface area contributed by atoms with Crippen LogP contribution in [0.1, 0.15) is 23.9 Å². The predicted molar refractivity (Wildman–Crippen MR) is 157 cm³/mol. The second-order valence-electron chi connectivity index (χ2n) is 9.25. The van der Waals surface area contributed by atoms with Crippen molar-refractivity contribution in [3.05, 3.63) is 95.7 Å². The average molecular weight is 672 g/mol. The minimum atomic E-state index is -5.08. The minimum Gasteiger partial charge on any atom is -0.494 e. The highest BCUT2D eigenvalue weighted by atomic mass is 19.4. The average Bonchev–Trinajstić information content (AvgIpc) is 3.49. The van der Waals surface area contributed by atoms with Gasteiger partial charge in [-0.1, -0.05) is 37.3 Å². The quantitative estimate of drug-likeness (QED) is 0.0787. The second kappa shape index (κ2) is 16.1. The number of nitrogens with one attached hydrogen (secondary N) is 2. The van der Waals surface area contributed by atoms with Crippen LogP contribution in [0.2, 0.25) is 0 Å². The van der Waals surface area contributed by atoms with Crippen LogP contribution in [-0.4, -0.2) is 57.4 Å². The number of benzene rings is 3. The SMILES string of the molecule is CCc1cc(OC)c(F)c(N(Cc2ncc(-c3ccccc3)[nH]2)c2ccc(C(=N)N)cc2)c1.O=C(O)C(F)(F)F.O=C(O)C(F)(F)F. The molecule has 0 fully saturated rings. The van der Waals surface area contributed by atoms with Crippen LogP contribution in [0.3, 0.4) is 0 Å². The van der Waals surface area contributed by atoms with E-state index in [-0.39, 0.29) is 11.6 Å². The fourth-order valence-electron chi connectivity index (χ4n) is 3.68. The molecule has 3 aromatic carbocycles. The maximum atomic E-state index is 15.5. The Balaban J connectivity index is 0.000000459. The normalized spacial score (nSPS) is 10.9. The van der Waals surface area contributed by atoms with Crippen LogP contribution in [0.4, 0.5) is 42.1 Å². The van der Waals surface area contributed by atoms with Gasteiger partial charge in [-0.3, -0.25) is 5.41 Å². The number of carbonyl (C=O) groups is 2. The van der Waals surface area contributed by atoms with Crippen molar-refractivity contribution in [2.24, 2.45) is 5.73 Å². The van der Waals surface area contributed by atoms with Gasteiger partial charge in [0.1, 0.15) is 11.7 Å². The van der Waals surface area contributed by atoms with Gasteiger partial charge in [-0.05, 0) is 53.9 Å². The molecule has 0 saturated heterocycles. The molecule has 0 aliphatic heterocycles. The van der Waals surface area contributed by atoms with Gasteiger partial charge in [0.15, 0.2) is 11.6 Å². The number of anilines is 2. The Morgan fingerprint density at radius 2 is 1.49 bits per heavy atom. The van der Waals surface area contributed by atoms with Crippen LogP contribution in [0, 0.1) is 11.2 Å². The van der Waals surface area contributed by atoms with E-state index in [1.54, 1.807) is 24.4 Å². The van der Waals surface area contributed by atoms with Gasteiger partial charge in [0.2, 0.25) is 0 Å². The molecule has 17 heteroatoms. The molecule has 1 aromatic heterocycles. The van der Waals surface area contributed by atoms with Gasteiger partial charge in [0.05, 0.1) is 31.2 Å². The highest BCUT2D eigenvalue weighted by Gasteiger charge is 2.38. The van der Waals surface area contributed by atoms with Crippen molar-refractivity contribution in [3.63, 3.8) is 0 Å². The lowest BCUT2D eigenvalue weighted by atomic mass is 10.1. The number of hydrogen-bond acceptors (Lipinski definition) is 6. The monoisotopic (exact) mass is 671 g/mol. The lowest BCUT2D eigenvalue weighted by molar-refractivity contribution is -0.193. The van der Waals surface area contributed by atoms with E-state index in [2.05, 4.69) is 9.97 Å². The van der Waals surface area contributed by atoms with E-state index >= 15 is 4.39 Å². The number of nitrogens with zero attached hydrogens (tertiary/aromatic N) is 2. The highest BCUT2D eigenvalue weighted by molar-refractivity contribution is 5.95. The molecule has 0 aliphatic rings. The van der Waals surface area contributed by atoms with Crippen molar-refractivity contribution >= 4 is 29.1 Å². The molecular formula is C30H28F7N5O5. The fraction of sp³-hybridized carbons (Fsp3) is 0.200. The number of halogens is 7. The van der Waals surface area contributed by atoms with Gasteiger partial charge in [0.25, 0.3) is 0 Å². The highest BCUT2D eigenvalue weighted by Crippen LogP contribution is 2.35. The molecule has 0 bridgehead atoms. The largest absolute Gasteiger partial charge is 0.494 e. The number of carboxylic acid groups (broad SMARTS) is 2. The molecule has 0 unspecified atom stereocenters. The summed E-state index contributed by atoms with van der Waals surface area (Å²) in [5, 5.41) is 21.9. The molecule has 0 saturated carbocycles. The van der Waals surface area contributed by atoms with Crippen LogP contribution in [0.5, 0.6) is 5.75 Å². The molecule has 47 heavy (non-hydrogen) atoms. The van der Waals surface area contributed by atoms with Crippen LogP contribution in [0.25, 0.3) is 11.3 Å². The molecule has 6 N–H and O–H groups in total. The van der Waals surface area contributed by atoms with Crippen molar-refractivity contribution in [3.8, 4) is 17.0 Å². The van der Waals surface area contributed by atoms with Crippen LogP contribution in [-0.2, 0) is 22.6 Å². The number of nitrogens with two attached hydrogens (primary N) is 1. The zero-order valence-electron chi connectivity index (χ0n) is 24.6. The van der Waals surface area contributed by atoms with Crippen LogP contribution < -0.4 is 15.4 Å². The third-order valence-corrected chi connectivity index (χ3v) is 5.99. The summed E-state index contributed by atoms with van der Waals surface area (Å²) in [6.07, 6.45) is -7.65. The molecule has 0 radical (unpaired) electrons. The number of aromatic amines is 1. The summed E-state index contributed by atoms with van der Waals surface area (Å²) in [6, 6.07) is 20.6. The number of hydrogen-bond donors (Lipinski definition) is 5. The summed E-state index contributed by atoms with van der Waals surface area (Å²) in [7, 11) is 1.46. The molecule has 0 amide bonds. The molecule has 10 nitrogen and oxygen atoms in total. The van der Waals surface area contributed by atoms with Gasteiger partial charge in [0, 0.05) is 11.3 Å². The van der Waals surface area contributed by atoms with E-state index in [9.17, 15) is 26.3 Å². The molecule has 1 heterocycles. The first-order valence-electron chi connectivity index (χ1n) is 13.2. The molecule has 0 atom stereocenters. The molecular weight excluding hydrogens is 643 g/mol. The zero-order chi connectivity index (χ0) is 35.5. The third-order valence-electron chi connectivity index (χ3n) is 5.99.